The maximum Gasteiger partial charge on any atom is 0.258 e. The fraction of sp³-hybridized carbons (Fsp3) is 0.0526. The number of nitrogens with zero attached hydrogens (tertiary/aromatic N) is 2. The monoisotopic (exact) mass is 446 g/mol. The standard InChI is InChI=1S/C19H12BrClN2O2S/c20-14-7-8-16(15(21)10-14)24-11-12-3-5-13(6-4-12)19-22-18(23-25-19)17-2-1-9-26-17/h1-10H,11H2. The minimum Gasteiger partial charge on any atom is -0.487 e. The Labute approximate surface area is 167 Å². The molecule has 2 aromatic carbocycles. The number of rotatable bonds is 5. The van der Waals surface area contributed by atoms with Crippen molar-refractivity contribution in [2.75, 3.05) is 0 Å². The molecule has 4 rings (SSSR count). The second-order valence-electron chi connectivity index (χ2n) is 5.46. The van der Waals surface area contributed by atoms with E-state index in [0.29, 0.717) is 29.1 Å². The normalized spacial score (nSPS) is 10.8. The molecule has 130 valence electrons. The molecule has 2 aromatic heterocycles. The van der Waals surface area contributed by atoms with Gasteiger partial charge in [-0.05, 0) is 47.3 Å². The molecule has 0 radical (unpaired) electrons. The van der Waals surface area contributed by atoms with Gasteiger partial charge in [0.1, 0.15) is 12.4 Å². The SMILES string of the molecule is Clc1cc(Br)ccc1OCc1ccc(-c2nc(-c3cccs3)no2)cc1. The van der Waals surface area contributed by atoms with Crippen molar-refractivity contribution in [1.82, 2.24) is 10.1 Å². The van der Waals surface area contributed by atoms with Crippen LogP contribution in [0.1, 0.15) is 5.56 Å². The summed E-state index contributed by atoms with van der Waals surface area (Å²) in [6, 6.07) is 17.3. The number of benzene rings is 2. The number of aromatic nitrogens is 2. The quantitative estimate of drug-likeness (QED) is 0.352. The Morgan fingerprint density at radius 2 is 1.96 bits per heavy atom. The molecule has 0 atom stereocenters. The smallest absolute Gasteiger partial charge is 0.258 e. The van der Waals surface area contributed by atoms with Crippen molar-refractivity contribution in [2.24, 2.45) is 0 Å². The molecule has 0 aliphatic rings. The fourth-order valence-electron chi connectivity index (χ4n) is 2.34. The molecule has 0 saturated carbocycles. The first-order valence-electron chi connectivity index (χ1n) is 7.74. The minimum atomic E-state index is 0.423. The van der Waals surface area contributed by atoms with Crippen LogP contribution in [0.25, 0.3) is 22.2 Å². The first-order chi connectivity index (χ1) is 12.7. The number of halogens is 2. The third kappa shape index (κ3) is 3.82. The van der Waals surface area contributed by atoms with Gasteiger partial charge in [-0.15, -0.1) is 11.3 Å². The van der Waals surface area contributed by atoms with E-state index in [1.807, 2.05) is 53.9 Å². The second-order valence-corrected chi connectivity index (χ2v) is 7.73. The number of thiophene rings is 1. The molecule has 0 aliphatic carbocycles. The van der Waals surface area contributed by atoms with Gasteiger partial charge in [0.05, 0.1) is 9.90 Å². The van der Waals surface area contributed by atoms with Gasteiger partial charge in [-0.2, -0.15) is 4.98 Å². The Morgan fingerprint density at radius 1 is 1.12 bits per heavy atom. The van der Waals surface area contributed by atoms with Crippen LogP contribution < -0.4 is 4.74 Å². The largest absolute Gasteiger partial charge is 0.487 e. The molecule has 4 nitrogen and oxygen atoms in total. The lowest BCUT2D eigenvalue weighted by atomic mass is 10.1. The Kier molecular flexibility index (Phi) is 5.06. The van der Waals surface area contributed by atoms with Crippen molar-refractivity contribution >= 4 is 38.9 Å². The predicted octanol–water partition coefficient (Wildman–Crippen LogP) is 6.46. The average Bonchev–Trinajstić information content (AvgIpc) is 3.33. The summed E-state index contributed by atoms with van der Waals surface area (Å²) in [4.78, 5) is 5.43. The molecular formula is C19H12BrClN2O2S. The van der Waals surface area contributed by atoms with Gasteiger partial charge in [0.2, 0.25) is 5.82 Å². The van der Waals surface area contributed by atoms with Gasteiger partial charge < -0.3 is 9.26 Å². The molecule has 0 aliphatic heterocycles. The van der Waals surface area contributed by atoms with E-state index in [9.17, 15) is 0 Å². The van der Waals surface area contributed by atoms with Gasteiger partial charge in [0.25, 0.3) is 5.89 Å². The highest BCUT2D eigenvalue weighted by Gasteiger charge is 2.11. The van der Waals surface area contributed by atoms with Gasteiger partial charge in [0, 0.05) is 10.0 Å². The van der Waals surface area contributed by atoms with Crippen molar-refractivity contribution in [3.05, 3.63) is 75.0 Å². The highest BCUT2D eigenvalue weighted by atomic mass is 79.9. The van der Waals surface area contributed by atoms with Crippen molar-refractivity contribution in [3.8, 4) is 27.9 Å². The predicted molar refractivity (Wildman–Crippen MR) is 107 cm³/mol. The summed E-state index contributed by atoms with van der Waals surface area (Å²) >= 11 is 11.1. The van der Waals surface area contributed by atoms with Crippen LogP contribution in [0.3, 0.4) is 0 Å². The van der Waals surface area contributed by atoms with Gasteiger partial charge >= 0.3 is 0 Å². The Morgan fingerprint density at radius 3 is 2.69 bits per heavy atom. The molecule has 0 unspecified atom stereocenters. The second kappa shape index (κ2) is 7.61. The zero-order valence-electron chi connectivity index (χ0n) is 13.4. The molecule has 7 heteroatoms. The highest BCUT2D eigenvalue weighted by molar-refractivity contribution is 9.10. The molecule has 26 heavy (non-hydrogen) atoms. The Hall–Kier alpha value is -2.15. The molecule has 0 N–H and O–H groups in total. The van der Waals surface area contributed by atoms with E-state index in [2.05, 4.69) is 26.1 Å². The summed E-state index contributed by atoms with van der Waals surface area (Å²) in [6.07, 6.45) is 0. The van der Waals surface area contributed by atoms with Crippen molar-refractivity contribution in [2.45, 2.75) is 6.61 Å². The molecule has 0 amide bonds. The Balaban J connectivity index is 1.45. The zero-order valence-corrected chi connectivity index (χ0v) is 16.5. The molecule has 0 bridgehead atoms. The van der Waals surface area contributed by atoms with Gasteiger partial charge in [-0.1, -0.05) is 50.9 Å². The summed E-state index contributed by atoms with van der Waals surface area (Å²) in [6.45, 7) is 0.423. The van der Waals surface area contributed by atoms with Crippen molar-refractivity contribution in [1.29, 1.82) is 0 Å². The minimum absolute atomic E-state index is 0.423. The third-order valence-corrected chi connectivity index (χ3v) is 5.31. The van der Waals surface area contributed by atoms with E-state index in [-0.39, 0.29) is 0 Å². The average molecular weight is 448 g/mol. The molecule has 0 saturated heterocycles. The van der Waals surface area contributed by atoms with E-state index < -0.39 is 0 Å². The van der Waals surface area contributed by atoms with E-state index in [1.165, 1.54) is 0 Å². The van der Waals surface area contributed by atoms with Crippen LogP contribution in [0.2, 0.25) is 5.02 Å². The highest BCUT2D eigenvalue weighted by Crippen LogP contribution is 2.29. The lowest BCUT2D eigenvalue weighted by molar-refractivity contribution is 0.306. The third-order valence-electron chi connectivity index (χ3n) is 3.66. The van der Waals surface area contributed by atoms with Crippen molar-refractivity contribution in [3.63, 3.8) is 0 Å². The fourth-order valence-corrected chi connectivity index (χ4v) is 3.72. The van der Waals surface area contributed by atoms with Gasteiger partial charge in [0.15, 0.2) is 0 Å². The molecular weight excluding hydrogens is 436 g/mol. The van der Waals surface area contributed by atoms with Crippen LogP contribution in [-0.2, 0) is 6.61 Å². The maximum atomic E-state index is 6.16. The number of hydrogen-bond acceptors (Lipinski definition) is 5. The molecule has 0 fully saturated rings. The van der Waals surface area contributed by atoms with Crippen LogP contribution in [0.5, 0.6) is 5.75 Å². The van der Waals surface area contributed by atoms with Gasteiger partial charge in [-0.3, -0.25) is 0 Å². The van der Waals surface area contributed by atoms with Crippen molar-refractivity contribution < 1.29 is 9.26 Å². The van der Waals surface area contributed by atoms with E-state index in [1.54, 1.807) is 17.4 Å². The van der Waals surface area contributed by atoms with Crippen LogP contribution in [0.4, 0.5) is 0 Å². The first kappa shape index (κ1) is 17.3. The molecule has 4 aromatic rings. The van der Waals surface area contributed by atoms with Crippen LogP contribution in [-0.4, -0.2) is 10.1 Å². The summed E-state index contributed by atoms with van der Waals surface area (Å²) in [5, 5.41) is 6.59. The molecule has 0 spiro atoms. The zero-order chi connectivity index (χ0) is 17.9. The van der Waals surface area contributed by atoms with E-state index >= 15 is 0 Å². The summed E-state index contributed by atoms with van der Waals surface area (Å²) in [5.74, 6) is 1.75. The summed E-state index contributed by atoms with van der Waals surface area (Å²) in [7, 11) is 0. The maximum absolute atomic E-state index is 6.16. The lowest BCUT2D eigenvalue weighted by Crippen LogP contribution is -1.96. The Bertz CT molecular complexity index is 1020. The van der Waals surface area contributed by atoms with Gasteiger partial charge in [-0.25, -0.2) is 0 Å². The lowest BCUT2D eigenvalue weighted by Gasteiger charge is -2.08. The van der Waals surface area contributed by atoms with Crippen LogP contribution >= 0.6 is 38.9 Å². The first-order valence-corrected chi connectivity index (χ1v) is 9.79. The summed E-state index contributed by atoms with van der Waals surface area (Å²) < 4.78 is 12.1. The summed E-state index contributed by atoms with van der Waals surface area (Å²) in [5.41, 5.74) is 1.89. The van der Waals surface area contributed by atoms with Crippen LogP contribution in [0.15, 0.2) is 69.0 Å². The number of ether oxygens (including phenoxy) is 1. The van der Waals surface area contributed by atoms with Crippen LogP contribution in [0, 0.1) is 0 Å². The molecule has 2 heterocycles. The number of hydrogen-bond donors (Lipinski definition) is 0. The van der Waals surface area contributed by atoms with E-state index in [4.69, 9.17) is 20.9 Å². The van der Waals surface area contributed by atoms with E-state index in [0.717, 1.165) is 20.5 Å². The topological polar surface area (TPSA) is 48.2 Å².